The maximum absolute atomic E-state index is 12.6. The summed E-state index contributed by atoms with van der Waals surface area (Å²) >= 11 is 0. The molecular weight excluding hydrogens is 312 g/mol. The highest BCUT2D eigenvalue weighted by molar-refractivity contribution is 6.04. The number of nitrogens with zero attached hydrogens (tertiary/aromatic N) is 1. The number of nitrogens with one attached hydrogen (secondary N) is 3. The van der Waals surface area contributed by atoms with Crippen molar-refractivity contribution in [3.63, 3.8) is 0 Å². The maximum atomic E-state index is 12.6. The lowest BCUT2D eigenvalue weighted by molar-refractivity contribution is -0.113. The highest BCUT2D eigenvalue weighted by atomic mass is 16.1. The number of carbonyl (C=O) groups is 1. The molecule has 25 heavy (non-hydrogen) atoms. The molecule has 0 saturated carbocycles. The number of rotatable bonds is 3. The second kappa shape index (κ2) is 7.58. The van der Waals surface area contributed by atoms with Crippen molar-refractivity contribution in [2.45, 2.75) is 31.7 Å². The van der Waals surface area contributed by atoms with E-state index in [1.165, 1.54) is 24.9 Å². The van der Waals surface area contributed by atoms with Crippen LogP contribution in [0.3, 0.4) is 0 Å². The van der Waals surface area contributed by atoms with Crippen LogP contribution in [0.15, 0.2) is 35.9 Å². The Morgan fingerprint density at radius 1 is 1.12 bits per heavy atom. The minimum atomic E-state index is 0.0233. The van der Waals surface area contributed by atoms with Crippen LogP contribution < -0.4 is 20.9 Å². The van der Waals surface area contributed by atoms with Gasteiger partial charge in [-0.05, 0) is 62.4 Å². The Kier molecular flexibility index (Phi) is 5.04. The van der Waals surface area contributed by atoms with Crippen LogP contribution in [-0.2, 0) is 4.79 Å². The Balaban J connectivity index is 1.38. The molecule has 1 aromatic rings. The third kappa shape index (κ3) is 3.88. The van der Waals surface area contributed by atoms with Gasteiger partial charge in [-0.25, -0.2) is 0 Å². The van der Waals surface area contributed by atoms with Crippen molar-refractivity contribution >= 4 is 17.3 Å². The highest BCUT2D eigenvalue weighted by Crippen LogP contribution is 2.23. The Hall–Kier alpha value is -1.85. The Morgan fingerprint density at radius 3 is 2.72 bits per heavy atom. The van der Waals surface area contributed by atoms with E-state index in [1.54, 1.807) is 0 Å². The van der Waals surface area contributed by atoms with E-state index in [4.69, 9.17) is 0 Å². The van der Waals surface area contributed by atoms with Gasteiger partial charge in [-0.15, -0.1) is 0 Å². The normalized spacial score (nSPS) is 26.6. The first-order chi connectivity index (χ1) is 12.3. The summed E-state index contributed by atoms with van der Waals surface area (Å²) in [6, 6.07) is 8.75. The van der Waals surface area contributed by atoms with E-state index in [0.29, 0.717) is 18.5 Å². The van der Waals surface area contributed by atoms with Gasteiger partial charge in [0, 0.05) is 49.2 Å². The first-order valence-corrected chi connectivity index (χ1v) is 9.61. The summed E-state index contributed by atoms with van der Waals surface area (Å²) in [6.07, 6.45) is 7.17. The molecule has 1 aromatic carbocycles. The number of hydrogen-bond acceptors (Lipinski definition) is 4. The predicted molar refractivity (Wildman–Crippen MR) is 102 cm³/mol. The van der Waals surface area contributed by atoms with E-state index >= 15 is 0 Å². The van der Waals surface area contributed by atoms with E-state index in [-0.39, 0.29) is 5.91 Å². The lowest BCUT2D eigenvalue weighted by atomic mass is 9.87. The zero-order valence-corrected chi connectivity index (χ0v) is 14.8. The smallest absolute Gasteiger partial charge is 0.252 e. The van der Waals surface area contributed by atoms with E-state index in [9.17, 15) is 4.79 Å². The van der Waals surface area contributed by atoms with Gasteiger partial charge in [-0.3, -0.25) is 4.79 Å². The van der Waals surface area contributed by atoms with Crippen LogP contribution in [0.2, 0.25) is 0 Å². The van der Waals surface area contributed by atoms with Gasteiger partial charge in [0.15, 0.2) is 0 Å². The summed E-state index contributed by atoms with van der Waals surface area (Å²) in [6.45, 7) is 4.96. The van der Waals surface area contributed by atoms with Gasteiger partial charge in [0.2, 0.25) is 0 Å². The molecular formula is C20H28N4O. The topological polar surface area (TPSA) is 56.4 Å². The molecule has 134 valence electrons. The highest BCUT2D eigenvalue weighted by Gasteiger charge is 2.28. The fraction of sp³-hybridized carbons (Fsp3) is 0.550. The summed E-state index contributed by atoms with van der Waals surface area (Å²) in [7, 11) is 0. The average Bonchev–Trinajstić information content (AvgIpc) is 2.69. The molecule has 0 bridgehead atoms. The van der Waals surface area contributed by atoms with Crippen molar-refractivity contribution in [1.82, 2.24) is 10.6 Å². The average molecular weight is 340 g/mol. The number of piperidine rings is 2. The molecule has 2 saturated heterocycles. The third-order valence-corrected chi connectivity index (χ3v) is 5.64. The summed E-state index contributed by atoms with van der Waals surface area (Å²) in [4.78, 5) is 15.0. The van der Waals surface area contributed by atoms with E-state index in [0.717, 1.165) is 43.9 Å². The summed E-state index contributed by atoms with van der Waals surface area (Å²) in [5.41, 5.74) is 3.00. The first-order valence-electron chi connectivity index (χ1n) is 9.61. The van der Waals surface area contributed by atoms with E-state index in [2.05, 4.69) is 39.1 Å². The molecule has 0 aliphatic carbocycles. The second-order valence-electron chi connectivity index (χ2n) is 7.38. The van der Waals surface area contributed by atoms with Crippen molar-refractivity contribution in [1.29, 1.82) is 0 Å². The lowest BCUT2D eigenvalue weighted by Gasteiger charge is -2.35. The SMILES string of the molecule is O=C(Nc1ccc(N2CCCCC2)cc1)C1=CC2CCNCC2NC1. The molecule has 3 N–H and O–H groups in total. The molecule has 2 fully saturated rings. The van der Waals surface area contributed by atoms with Crippen molar-refractivity contribution in [3.05, 3.63) is 35.9 Å². The number of hydrogen-bond donors (Lipinski definition) is 3. The molecule has 0 spiro atoms. The lowest BCUT2D eigenvalue weighted by Crippen LogP contribution is -2.52. The van der Waals surface area contributed by atoms with Crippen LogP contribution in [0.25, 0.3) is 0 Å². The molecule has 0 radical (unpaired) electrons. The van der Waals surface area contributed by atoms with Crippen molar-refractivity contribution < 1.29 is 4.79 Å². The summed E-state index contributed by atoms with van der Waals surface area (Å²) < 4.78 is 0. The minimum absolute atomic E-state index is 0.0233. The van der Waals surface area contributed by atoms with Gasteiger partial charge in [0.05, 0.1) is 0 Å². The van der Waals surface area contributed by atoms with Crippen LogP contribution in [0.4, 0.5) is 11.4 Å². The zero-order valence-electron chi connectivity index (χ0n) is 14.8. The summed E-state index contributed by atoms with van der Waals surface area (Å²) in [5, 5.41) is 9.95. The van der Waals surface area contributed by atoms with Crippen LogP contribution in [-0.4, -0.2) is 44.7 Å². The Morgan fingerprint density at radius 2 is 1.92 bits per heavy atom. The molecule has 5 heteroatoms. The van der Waals surface area contributed by atoms with Gasteiger partial charge in [0.1, 0.15) is 0 Å². The van der Waals surface area contributed by atoms with Gasteiger partial charge < -0.3 is 20.9 Å². The number of carbonyl (C=O) groups excluding carboxylic acids is 1. The second-order valence-corrected chi connectivity index (χ2v) is 7.38. The molecule has 2 unspecified atom stereocenters. The fourth-order valence-corrected chi connectivity index (χ4v) is 4.14. The van der Waals surface area contributed by atoms with Crippen LogP contribution in [0, 0.1) is 5.92 Å². The fourth-order valence-electron chi connectivity index (χ4n) is 4.14. The largest absolute Gasteiger partial charge is 0.372 e. The molecule has 5 nitrogen and oxygen atoms in total. The molecule has 2 atom stereocenters. The maximum Gasteiger partial charge on any atom is 0.252 e. The van der Waals surface area contributed by atoms with Crippen LogP contribution in [0.5, 0.6) is 0 Å². The Bertz CT molecular complexity index is 634. The van der Waals surface area contributed by atoms with Crippen LogP contribution >= 0.6 is 0 Å². The third-order valence-electron chi connectivity index (χ3n) is 5.64. The first kappa shape index (κ1) is 16.6. The quantitative estimate of drug-likeness (QED) is 0.789. The van der Waals surface area contributed by atoms with Crippen molar-refractivity contribution in [2.24, 2.45) is 5.92 Å². The number of benzene rings is 1. The predicted octanol–water partition coefficient (Wildman–Crippen LogP) is 2.12. The Labute approximate surface area is 149 Å². The van der Waals surface area contributed by atoms with Gasteiger partial charge in [0.25, 0.3) is 5.91 Å². The molecule has 3 aliphatic rings. The molecule has 4 rings (SSSR count). The van der Waals surface area contributed by atoms with Crippen molar-refractivity contribution in [2.75, 3.05) is 42.9 Å². The summed E-state index contributed by atoms with van der Waals surface area (Å²) in [5.74, 6) is 0.493. The number of amides is 1. The van der Waals surface area contributed by atoms with Crippen molar-refractivity contribution in [3.8, 4) is 0 Å². The molecule has 0 aromatic heterocycles. The van der Waals surface area contributed by atoms with Gasteiger partial charge in [-0.1, -0.05) is 6.08 Å². The van der Waals surface area contributed by atoms with Crippen LogP contribution in [0.1, 0.15) is 25.7 Å². The van der Waals surface area contributed by atoms with E-state index < -0.39 is 0 Å². The number of anilines is 2. The number of fused-ring (bicyclic) bond motifs is 1. The monoisotopic (exact) mass is 340 g/mol. The van der Waals surface area contributed by atoms with Gasteiger partial charge in [-0.2, -0.15) is 0 Å². The zero-order chi connectivity index (χ0) is 17.1. The molecule has 3 aliphatic heterocycles. The minimum Gasteiger partial charge on any atom is -0.372 e. The van der Waals surface area contributed by atoms with E-state index in [1.807, 2.05) is 12.1 Å². The van der Waals surface area contributed by atoms with Gasteiger partial charge >= 0.3 is 0 Å². The standard InChI is InChI=1S/C20H28N4O/c25-20(16-12-15-8-9-21-14-19(15)22-13-16)23-17-4-6-18(7-5-17)24-10-2-1-3-11-24/h4-7,12,15,19,21-22H,1-3,8-11,13-14H2,(H,23,25). The molecule has 3 heterocycles. The molecule has 1 amide bonds.